The molecule has 1 saturated heterocycles. The van der Waals surface area contributed by atoms with Gasteiger partial charge in [0.2, 0.25) is 0 Å². The third-order valence-corrected chi connectivity index (χ3v) is 2.55. The number of pyridine rings is 1. The number of amides is 2. The number of hydrogen-bond acceptors (Lipinski definition) is 4. The third kappa shape index (κ3) is 4.01. The van der Waals surface area contributed by atoms with Crippen LogP contribution in [0.1, 0.15) is 5.69 Å². The first-order valence-corrected chi connectivity index (χ1v) is 5.74. The van der Waals surface area contributed by atoms with Gasteiger partial charge < -0.3 is 10.6 Å². The topological polar surface area (TPSA) is 78.1 Å². The Kier molecular flexibility index (Phi) is 4.29. The minimum atomic E-state index is -0.128. The molecule has 92 valence electrons. The molecule has 1 aliphatic rings. The summed E-state index contributed by atoms with van der Waals surface area (Å²) in [5.41, 5.74) is 6.90. The van der Waals surface area contributed by atoms with Crippen molar-refractivity contribution < 1.29 is 4.79 Å². The molecule has 4 N–H and O–H groups in total. The van der Waals surface area contributed by atoms with Gasteiger partial charge in [0, 0.05) is 37.9 Å². The highest BCUT2D eigenvalue weighted by Gasteiger charge is 2.15. The number of rotatable bonds is 4. The molecular formula is C11H17N5O. The van der Waals surface area contributed by atoms with E-state index in [9.17, 15) is 4.79 Å². The van der Waals surface area contributed by atoms with E-state index in [2.05, 4.69) is 26.5 Å². The fourth-order valence-corrected chi connectivity index (χ4v) is 1.65. The van der Waals surface area contributed by atoms with E-state index in [0.29, 0.717) is 6.54 Å². The predicted octanol–water partition coefficient (Wildman–Crippen LogP) is -0.600. The summed E-state index contributed by atoms with van der Waals surface area (Å²) in [4.78, 5) is 15.7. The van der Waals surface area contributed by atoms with Gasteiger partial charge in [-0.15, -0.1) is 0 Å². The van der Waals surface area contributed by atoms with Crippen molar-refractivity contribution in [3.05, 3.63) is 30.1 Å². The first kappa shape index (κ1) is 11.8. The van der Waals surface area contributed by atoms with Gasteiger partial charge in [-0.2, -0.15) is 0 Å². The Morgan fingerprint density at radius 3 is 2.94 bits per heavy atom. The number of urea groups is 1. The summed E-state index contributed by atoms with van der Waals surface area (Å²) in [6, 6.07) is 5.80. The standard InChI is InChI=1S/C11H17N5O/c17-11(16-10-7-14-15-8-10)13-6-4-9-3-1-2-5-12-9/h1-3,5,10,14-15H,4,6-8H2,(H2,13,16,17). The van der Waals surface area contributed by atoms with Crippen LogP contribution in [-0.4, -0.2) is 36.7 Å². The smallest absolute Gasteiger partial charge is 0.315 e. The second kappa shape index (κ2) is 6.17. The Morgan fingerprint density at radius 1 is 1.41 bits per heavy atom. The van der Waals surface area contributed by atoms with E-state index in [1.807, 2.05) is 18.2 Å². The SMILES string of the molecule is O=C(NCCc1ccccn1)NC1CNNC1. The largest absolute Gasteiger partial charge is 0.338 e. The molecule has 0 atom stereocenters. The lowest BCUT2D eigenvalue weighted by molar-refractivity contribution is 0.238. The average Bonchev–Trinajstić information content (AvgIpc) is 2.83. The van der Waals surface area contributed by atoms with Crippen molar-refractivity contribution in [2.24, 2.45) is 0 Å². The van der Waals surface area contributed by atoms with Crippen LogP contribution in [0.15, 0.2) is 24.4 Å². The summed E-state index contributed by atoms with van der Waals surface area (Å²) < 4.78 is 0. The highest BCUT2D eigenvalue weighted by molar-refractivity contribution is 5.74. The number of nitrogens with one attached hydrogen (secondary N) is 4. The maximum absolute atomic E-state index is 11.5. The van der Waals surface area contributed by atoms with Gasteiger partial charge in [0.05, 0.1) is 6.04 Å². The van der Waals surface area contributed by atoms with Gasteiger partial charge in [0.25, 0.3) is 0 Å². The van der Waals surface area contributed by atoms with Gasteiger partial charge in [-0.05, 0) is 12.1 Å². The maximum atomic E-state index is 11.5. The fraction of sp³-hybridized carbons (Fsp3) is 0.455. The van der Waals surface area contributed by atoms with E-state index in [-0.39, 0.29) is 12.1 Å². The van der Waals surface area contributed by atoms with Crippen molar-refractivity contribution in [1.82, 2.24) is 26.5 Å². The van der Waals surface area contributed by atoms with Crippen LogP contribution >= 0.6 is 0 Å². The highest BCUT2D eigenvalue weighted by atomic mass is 16.2. The molecule has 0 saturated carbocycles. The number of aromatic nitrogens is 1. The normalized spacial score (nSPS) is 15.8. The highest BCUT2D eigenvalue weighted by Crippen LogP contribution is 1.93. The Morgan fingerprint density at radius 2 is 2.24 bits per heavy atom. The van der Waals surface area contributed by atoms with Gasteiger partial charge >= 0.3 is 6.03 Å². The molecule has 1 fully saturated rings. The Labute approximate surface area is 100 Å². The van der Waals surface area contributed by atoms with Crippen molar-refractivity contribution >= 4 is 6.03 Å². The summed E-state index contributed by atoms with van der Waals surface area (Å²) in [7, 11) is 0. The molecule has 2 amide bonds. The molecule has 2 heterocycles. The van der Waals surface area contributed by atoms with Gasteiger partial charge in [0.1, 0.15) is 0 Å². The van der Waals surface area contributed by atoms with Gasteiger partial charge in [-0.25, -0.2) is 4.79 Å². The van der Waals surface area contributed by atoms with Crippen LogP contribution in [0.25, 0.3) is 0 Å². The van der Waals surface area contributed by atoms with E-state index in [0.717, 1.165) is 25.2 Å². The molecule has 0 unspecified atom stereocenters. The summed E-state index contributed by atoms with van der Waals surface area (Å²) >= 11 is 0. The Hall–Kier alpha value is -1.66. The van der Waals surface area contributed by atoms with Crippen LogP contribution in [0.2, 0.25) is 0 Å². The first-order valence-electron chi connectivity index (χ1n) is 5.74. The van der Waals surface area contributed by atoms with E-state index in [1.54, 1.807) is 6.20 Å². The molecule has 1 aromatic rings. The third-order valence-electron chi connectivity index (χ3n) is 2.55. The van der Waals surface area contributed by atoms with Crippen LogP contribution in [0, 0.1) is 0 Å². The van der Waals surface area contributed by atoms with Crippen LogP contribution in [0.5, 0.6) is 0 Å². The molecule has 1 aliphatic heterocycles. The zero-order chi connectivity index (χ0) is 11.9. The van der Waals surface area contributed by atoms with Gasteiger partial charge in [0.15, 0.2) is 0 Å². The van der Waals surface area contributed by atoms with Crippen molar-refractivity contribution in [2.75, 3.05) is 19.6 Å². The molecule has 6 nitrogen and oxygen atoms in total. The molecule has 0 aliphatic carbocycles. The molecule has 17 heavy (non-hydrogen) atoms. The molecular weight excluding hydrogens is 218 g/mol. The summed E-state index contributed by atoms with van der Waals surface area (Å²) in [5.74, 6) is 0. The van der Waals surface area contributed by atoms with Crippen molar-refractivity contribution in [3.8, 4) is 0 Å². The molecule has 0 aromatic carbocycles. The quantitative estimate of drug-likeness (QED) is 0.562. The molecule has 1 aromatic heterocycles. The second-order valence-electron chi connectivity index (χ2n) is 3.93. The summed E-state index contributed by atoms with van der Waals surface area (Å²) in [6.45, 7) is 2.11. The zero-order valence-corrected chi connectivity index (χ0v) is 9.57. The number of carbonyl (C=O) groups excluding carboxylic acids is 1. The van der Waals surface area contributed by atoms with Crippen LogP contribution in [-0.2, 0) is 6.42 Å². The summed E-state index contributed by atoms with van der Waals surface area (Å²) in [5, 5.41) is 5.68. The molecule has 2 rings (SSSR count). The van der Waals surface area contributed by atoms with Crippen LogP contribution < -0.4 is 21.5 Å². The monoisotopic (exact) mass is 235 g/mol. The second-order valence-corrected chi connectivity index (χ2v) is 3.93. The van der Waals surface area contributed by atoms with E-state index < -0.39 is 0 Å². The van der Waals surface area contributed by atoms with Crippen molar-refractivity contribution in [3.63, 3.8) is 0 Å². The number of hydrazine groups is 1. The number of carbonyl (C=O) groups is 1. The first-order chi connectivity index (χ1) is 8.34. The Bertz CT molecular complexity index is 350. The molecule has 0 bridgehead atoms. The maximum Gasteiger partial charge on any atom is 0.315 e. The lowest BCUT2D eigenvalue weighted by Gasteiger charge is -2.11. The average molecular weight is 235 g/mol. The predicted molar refractivity (Wildman–Crippen MR) is 64.3 cm³/mol. The Balaban J connectivity index is 1.63. The van der Waals surface area contributed by atoms with Gasteiger partial charge in [-0.3, -0.25) is 15.8 Å². The number of hydrogen-bond donors (Lipinski definition) is 4. The van der Waals surface area contributed by atoms with Crippen molar-refractivity contribution in [1.29, 1.82) is 0 Å². The van der Waals surface area contributed by atoms with E-state index >= 15 is 0 Å². The minimum Gasteiger partial charge on any atom is -0.338 e. The van der Waals surface area contributed by atoms with Crippen LogP contribution in [0.4, 0.5) is 4.79 Å². The fourth-order valence-electron chi connectivity index (χ4n) is 1.65. The molecule has 6 heteroatoms. The molecule has 0 spiro atoms. The molecule has 0 radical (unpaired) electrons. The van der Waals surface area contributed by atoms with E-state index in [4.69, 9.17) is 0 Å². The van der Waals surface area contributed by atoms with Crippen LogP contribution in [0.3, 0.4) is 0 Å². The lowest BCUT2D eigenvalue weighted by Crippen LogP contribution is -2.45. The van der Waals surface area contributed by atoms with Gasteiger partial charge in [-0.1, -0.05) is 6.07 Å². The summed E-state index contributed by atoms with van der Waals surface area (Å²) in [6.07, 6.45) is 2.50. The minimum absolute atomic E-state index is 0.128. The lowest BCUT2D eigenvalue weighted by atomic mass is 10.3. The van der Waals surface area contributed by atoms with Crippen molar-refractivity contribution in [2.45, 2.75) is 12.5 Å². The zero-order valence-electron chi connectivity index (χ0n) is 9.57. The van der Waals surface area contributed by atoms with E-state index in [1.165, 1.54) is 0 Å². The number of nitrogens with zero attached hydrogens (tertiary/aromatic N) is 1.